The fraction of sp³-hybridized carbons (Fsp3) is 0.750. The average Bonchev–Trinajstić information content (AvgIpc) is 2.40. The molecule has 7 heteroatoms. The highest BCUT2D eigenvalue weighted by molar-refractivity contribution is 5.10. The van der Waals surface area contributed by atoms with E-state index >= 15 is 0 Å². The Morgan fingerprint density at radius 2 is 1.78 bits per heavy atom. The minimum atomic E-state index is -4.15. The Balaban J connectivity index is 1.98. The van der Waals surface area contributed by atoms with Crippen LogP contribution >= 0.6 is 0 Å². The molecule has 1 aromatic rings. The van der Waals surface area contributed by atoms with Crippen molar-refractivity contribution in [1.82, 2.24) is 14.7 Å². The van der Waals surface area contributed by atoms with Gasteiger partial charge in [0, 0.05) is 18.0 Å². The number of aromatic nitrogens is 2. The molecular weight excluding hydrogens is 307 g/mol. The first-order valence-electron chi connectivity index (χ1n) is 7.92. The highest BCUT2D eigenvalue weighted by atomic mass is 19.4. The van der Waals surface area contributed by atoms with E-state index in [0.29, 0.717) is 32.5 Å². The Morgan fingerprint density at radius 3 is 2.30 bits per heavy atom. The summed E-state index contributed by atoms with van der Waals surface area (Å²) in [4.78, 5) is 13.4. The summed E-state index contributed by atoms with van der Waals surface area (Å²) in [5.41, 5.74) is 0.535. The molecule has 0 aliphatic carbocycles. The van der Waals surface area contributed by atoms with Crippen molar-refractivity contribution >= 4 is 0 Å². The van der Waals surface area contributed by atoms with Crippen LogP contribution in [0.3, 0.4) is 0 Å². The van der Waals surface area contributed by atoms with E-state index in [0.717, 1.165) is 5.69 Å². The van der Waals surface area contributed by atoms with Crippen LogP contribution in [0, 0.1) is 5.92 Å². The maximum atomic E-state index is 12.4. The van der Waals surface area contributed by atoms with Gasteiger partial charge in [0.15, 0.2) is 0 Å². The van der Waals surface area contributed by atoms with Gasteiger partial charge in [-0.15, -0.1) is 0 Å². The van der Waals surface area contributed by atoms with Crippen molar-refractivity contribution in [2.24, 2.45) is 5.92 Å². The van der Waals surface area contributed by atoms with E-state index in [-0.39, 0.29) is 16.9 Å². The molecule has 1 aliphatic heterocycles. The molecule has 1 saturated heterocycles. The third-order valence-corrected chi connectivity index (χ3v) is 4.18. The zero-order valence-corrected chi connectivity index (χ0v) is 13.9. The SMILES string of the molecule is CC(C)(C)c1ccc(=O)n(CC2CCN(CC(F)(F)F)CC2)n1. The molecule has 0 bridgehead atoms. The van der Waals surface area contributed by atoms with Gasteiger partial charge in [-0.3, -0.25) is 9.69 Å². The maximum Gasteiger partial charge on any atom is 0.401 e. The van der Waals surface area contributed by atoms with Gasteiger partial charge in [-0.2, -0.15) is 18.3 Å². The number of hydrogen-bond donors (Lipinski definition) is 0. The molecule has 1 fully saturated rings. The molecule has 1 aromatic heterocycles. The first-order chi connectivity index (χ1) is 10.5. The first kappa shape index (κ1) is 18.0. The predicted molar refractivity (Wildman–Crippen MR) is 82.4 cm³/mol. The molecule has 0 atom stereocenters. The summed E-state index contributed by atoms with van der Waals surface area (Å²) in [5.74, 6) is 0.194. The molecule has 0 amide bonds. The number of hydrogen-bond acceptors (Lipinski definition) is 3. The molecule has 23 heavy (non-hydrogen) atoms. The summed E-state index contributed by atoms with van der Waals surface area (Å²) >= 11 is 0. The second-order valence-electron chi connectivity index (χ2n) is 7.32. The third kappa shape index (κ3) is 5.34. The number of rotatable bonds is 3. The fourth-order valence-corrected chi connectivity index (χ4v) is 2.80. The van der Waals surface area contributed by atoms with Crippen LogP contribution in [0.2, 0.25) is 0 Å². The van der Waals surface area contributed by atoms with Crippen LogP contribution in [-0.4, -0.2) is 40.5 Å². The molecule has 0 aromatic carbocycles. The molecule has 1 aliphatic rings. The average molecular weight is 331 g/mol. The Morgan fingerprint density at radius 1 is 1.17 bits per heavy atom. The molecule has 0 saturated carbocycles. The van der Waals surface area contributed by atoms with Gasteiger partial charge in [0.1, 0.15) is 0 Å². The van der Waals surface area contributed by atoms with Gasteiger partial charge in [0.2, 0.25) is 0 Å². The molecular formula is C16H24F3N3O. The summed E-state index contributed by atoms with van der Waals surface area (Å²) < 4.78 is 38.7. The molecule has 0 spiro atoms. The van der Waals surface area contributed by atoms with Crippen molar-refractivity contribution in [2.45, 2.75) is 51.7 Å². The minimum Gasteiger partial charge on any atom is -0.295 e. The summed E-state index contributed by atoms with van der Waals surface area (Å²) in [5, 5.41) is 4.43. The zero-order valence-electron chi connectivity index (χ0n) is 13.9. The zero-order chi connectivity index (χ0) is 17.3. The smallest absolute Gasteiger partial charge is 0.295 e. The van der Waals surface area contributed by atoms with Crippen LogP contribution in [0.25, 0.3) is 0 Å². The summed E-state index contributed by atoms with van der Waals surface area (Å²) in [6.45, 7) is 6.54. The van der Waals surface area contributed by atoms with E-state index in [1.54, 1.807) is 6.07 Å². The Hall–Kier alpha value is -1.37. The lowest BCUT2D eigenvalue weighted by molar-refractivity contribution is -0.148. The van der Waals surface area contributed by atoms with E-state index in [1.807, 2.05) is 20.8 Å². The van der Waals surface area contributed by atoms with Crippen LogP contribution in [-0.2, 0) is 12.0 Å². The minimum absolute atomic E-state index is 0.147. The predicted octanol–water partition coefficient (Wildman–Crippen LogP) is 2.82. The lowest BCUT2D eigenvalue weighted by atomic mass is 9.92. The summed E-state index contributed by atoms with van der Waals surface area (Å²) in [6, 6.07) is 3.26. The van der Waals surface area contributed by atoms with Gasteiger partial charge >= 0.3 is 6.18 Å². The quantitative estimate of drug-likeness (QED) is 0.855. The normalized spacial score (nSPS) is 18.3. The van der Waals surface area contributed by atoms with Gasteiger partial charge in [-0.1, -0.05) is 20.8 Å². The largest absolute Gasteiger partial charge is 0.401 e. The van der Waals surface area contributed by atoms with Crippen molar-refractivity contribution < 1.29 is 13.2 Å². The number of likely N-dealkylation sites (tertiary alicyclic amines) is 1. The van der Waals surface area contributed by atoms with Crippen LogP contribution in [0.4, 0.5) is 13.2 Å². The number of piperidine rings is 1. The third-order valence-electron chi connectivity index (χ3n) is 4.18. The molecule has 2 heterocycles. The van der Waals surface area contributed by atoms with Crippen molar-refractivity contribution in [1.29, 1.82) is 0 Å². The second kappa shape index (κ2) is 6.63. The Bertz CT molecular complexity index is 581. The van der Waals surface area contributed by atoms with E-state index in [9.17, 15) is 18.0 Å². The molecule has 2 rings (SSSR count). The Labute approximate surface area is 134 Å². The molecule has 0 radical (unpaired) electrons. The monoisotopic (exact) mass is 331 g/mol. The van der Waals surface area contributed by atoms with Crippen molar-refractivity contribution in [3.05, 3.63) is 28.2 Å². The maximum absolute atomic E-state index is 12.4. The topological polar surface area (TPSA) is 38.1 Å². The van der Waals surface area contributed by atoms with Gasteiger partial charge in [0.05, 0.1) is 12.2 Å². The van der Waals surface area contributed by atoms with Gasteiger partial charge < -0.3 is 0 Å². The molecule has 130 valence electrons. The van der Waals surface area contributed by atoms with Gasteiger partial charge in [0.25, 0.3) is 5.56 Å². The van der Waals surface area contributed by atoms with E-state index in [4.69, 9.17) is 0 Å². The van der Waals surface area contributed by atoms with Gasteiger partial charge in [-0.25, -0.2) is 4.68 Å². The number of nitrogens with zero attached hydrogens (tertiary/aromatic N) is 3. The first-order valence-corrected chi connectivity index (χ1v) is 7.92. The van der Waals surface area contributed by atoms with Crippen molar-refractivity contribution in [2.75, 3.05) is 19.6 Å². The fourth-order valence-electron chi connectivity index (χ4n) is 2.80. The molecule has 0 unspecified atom stereocenters. The van der Waals surface area contributed by atoms with E-state index in [2.05, 4.69) is 5.10 Å². The standard InChI is InChI=1S/C16H24F3N3O/c1-15(2,3)13-4-5-14(23)22(20-13)10-12-6-8-21(9-7-12)11-16(17,18)19/h4-5,12H,6-11H2,1-3H3. The van der Waals surface area contributed by atoms with Crippen LogP contribution in [0.1, 0.15) is 39.3 Å². The number of alkyl halides is 3. The van der Waals surface area contributed by atoms with E-state index in [1.165, 1.54) is 15.6 Å². The van der Waals surface area contributed by atoms with Crippen molar-refractivity contribution in [3.8, 4) is 0 Å². The van der Waals surface area contributed by atoms with Crippen molar-refractivity contribution in [3.63, 3.8) is 0 Å². The highest BCUT2D eigenvalue weighted by Gasteiger charge is 2.32. The molecule has 4 nitrogen and oxygen atoms in total. The lowest BCUT2D eigenvalue weighted by Gasteiger charge is -2.32. The summed E-state index contributed by atoms with van der Waals surface area (Å²) in [6.07, 6.45) is -2.83. The number of halogens is 3. The van der Waals surface area contributed by atoms with Crippen LogP contribution in [0.5, 0.6) is 0 Å². The van der Waals surface area contributed by atoms with Crippen LogP contribution in [0.15, 0.2) is 16.9 Å². The van der Waals surface area contributed by atoms with Crippen LogP contribution < -0.4 is 5.56 Å². The Kier molecular flexibility index (Phi) is 5.18. The lowest BCUT2D eigenvalue weighted by Crippen LogP contribution is -2.41. The summed E-state index contributed by atoms with van der Waals surface area (Å²) in [7, 11) is 0. The highest BCUT2D eigenvalue weighted by Crippen LogP contribution is 2.23. The van der Waals surface area contributed by atoms with E-state index < -0.39 is 12.7 Å². The van der Waals surface area contributed by atoms with Gasteiger partial charge in [-0.05, 0) is 37.9 Å². The molecule has 0 N–H and O–H groups in total. The second-order valence-corrected chi connectivity index (χ2v) is 7.32.